The van der Waals surface area contributed by atoms with Crippen molar-refractivity contribution in [3.63, 3.8) is 0 Å². The monoisotopic (exact) mass is 226 g/mol. The molecule has 15 heavy (non-hydrogen) atoms. The highest BCUT2D eigenvalue weighted by Crippen LogP contribution is 2.28. The zero-order chi connectivity index (χ0) is 11.4. The van der Waals surface area contributed by atoms with Gasteiger partial charge in [0.15, 0.2) is 0 Å². The number of halogens is 1. The van der Waals surface area contributed by atoms with Crippen molar-refractivity contribution in [1.29, 1.82) is 5.26 Å². The largest absolute Gasteiger partial charge is 0.409 e. The maximum Gasteiger partial charge on any atom is 0.409 e. The molecule has 0 aliphatic carbocycles. The van der Waals surface area contributed by atoms with Gasteiger partial charge in [-0.3, -0.25) is 10.1 Å². The minimum Gasteiger partial charge on any atom is -0.407 e. The summed E-state index contributed by atoms with van der Waals surface area (Å²) in [4.78, 5) is 20.2. The summed E-state index contributed by atoms with van der Waals surface area (Å²) >= 11 is 4.91. The van der Waals surface area contributed by atoms with Crippen LogP contribution in [0, 0.1) is 21.4 Å². The van der Waals surface area contributed by atoms with Gasteiger partial charge in [0.1, 0.15) is 0 Å². The highest BCUT2D eigenvalue weighted by atomic mass is 35.5. The van der Waals surface area contributed by atoms with E-state index < -0.39 is 16.0 Å². The lowest BCUT2D eigenvalue weighted by Crippen LogP contribution is -2.00. The van der Waals surface area contributed by atoms with Crippen molar-refractivity contribution in [1.82, 2.24) is 0 Å². The van der Waals surface area contributed by atoms with Crippen molar-refractivity contribution in [2.45, 2.75) is 0 Å². The van der Waals surface area contributed by atoms with Crippen molar-refractivity contribution >= 4 is 22.7 Å². The Morgan fingerprint density at radius 3 is 2.73 bits per heavy atom. The van der Waals surface area contributed by atoms with Gasteiger partial charge < -0.3 is 4.74 Å². The Hall–Kier alpha value is -2.13. The second-order valence-electron chi connectivity index (χ2n) is 2.39. The molecule has 0 fully saturated rings. The molecule has 1 rings (SSSR count). The zero-order valence-corrected chi connectivity index (χ0v) is 7.89. The smallest absolute Gasteiger partial charge is 0.407 e. The molecule has 7 heteroatoms. The average molecular weight is 227 g/mol. The van der Waals surface area contributed by atoms with Crippen LogP contribution in [-0.4, -0.2) is 10.4 Å². The van der Waals surface area contributed by atoms with E-state index >= 15 is 0 Å². The number of nitro groups is 1. The highest BCUT2D eigenvalue weighted by Gasteiger charge is 2.17. The summed E-state index contributed by atoms with van der Waals surface area (Å²) in [6.07, 6.45) is 0. The summed E-state index contributed by atoms with van der Waals surface area (Å²) in [5, 5.41) is 19.0. The number of nitro benzene ring substituents is 1. The van der Waals surface area contributed by atoms with Crippen molar-refractivity contribution in [2.24, 2.45) is 0 Å². The fourth-order valence-electron chi connectivity index (χ4n) is 0.902. The third-order valence-corrected chi connectivity index (χ3v) is 1.55. The second kappa shape index (κ2) is 4.39. The van der Waals surface area contributed by atoms with E-state index in [2.05, 4.69) is 4.74 Å². The molecular weight excluding hydrogens is 224 g/mol. The first-order valence-corrected chi connectivity index (χ1v) is 3.98. The van der Waals surface area contributed by atoms with Crippen molar-refractivity contribution in [3.05, 3.63) is 33.9 Å². The Labute approximate surface area is 88.8 Å². The summed E-state index contributed by atoms with van der Waals surface area (Å²) in [5.74, 6) is -0.293. The van der Waals surface area contributed by atoms with E-state index in [9.17, 15) is 14.9 Å². The molecule has 76 valence electrons. The van der Waals surface area contributed by atoms with Crippen LogP contribution in [0.15, 0.2) is 18.2 Å². The first-order valence-electron chi connectivity index (χ1n) is 3.60. The zero-order valence-electron chi connectivity index (χ0n) is 7.14. The topological polar surface area (TPSA) is 93.2 Å². The van der Waals surface area contributed by atoms with Crippen LogP contribution in [0.5, 0.6) is 5.75 Å². The van der Waals surface area contributed by atoms with E-state index in [4.69, 9.17) is 16.9 Å². The predicted octanol–water partition coefficient (Wildman–Crippen LogP) is 2.20. The van der Waals surface area contributed by atoms with Crippen molar-refractivity contribution < 1.29 is 14.5 Å². The Morgan fingerprint density at radius 2 is 2.27 bits per heavy atom. The van der Waals surface area contributed by atoms with Gasteiger partial charge in [-0.1, -0.05) is 0 Å². The van der Waals surface area contributed by atoms with Gasteiger partial charge in [-0.15, -0.1) is 0 Å². The van der Waals surface area contributed by atoms with E-state index in [1.54, 1.807) is 6.07 Å². The molecule has 0 saturated carbocycles. The standard InChI is InChI=1S/C8H3ClN2O4/c9-8(12)15-7-2-1-5(4-10)3-6(7)11(13)14/h1-3H. The highest BCUT2D eigenvalue weighted by molar-refractivity contribution is 6.61. The van der Waals surface area contributed by atoms with Crippen LogP contribution in [0.2, 0.25) is 0 Å². The number of benzene rings is 1. The number of ether oxygens (including phenoxy) is 1. The van der Waals surface area contributed by atoms with Gasteiger partial charge in [0.05, 0.1) is 16.6 Å². The Bertz CT molecular complexity index is 466. The molecule has 0 saturated heterocycles. The van der Waals surface area contributed by atoms with Crippen LogP contribution in [0.4, 0.5) is 10.5 Å². The molecular formula is C8H3ClN2O4. The Morgan fingerprint density at radius 1 is 1.60 bits per heavy atom. The van der Waals surface area contributed by atoms with E-state index in [1.807, 2.05) is 0 Å². The molecule has 0 N–H and O–H groups in total. The Kier molecular flexibility index (Phi) is 3.21. The third kappa shape index (κ3) is 2.65. The molecule has 0 radical (unpaired) electrons. The quantitative estimate of drug-likeness (QED) is 0.438. The summed E-state index contributed by atoms with van der Waals surface area (Å²) < 4.78 is 4.38. The molecule has 0 aromatic heterocycles. The van der Waals surface area contributed by atoms with Gasteiger partial charge in [0, 0.05) is 17.7 Å². The van der Waals surface area contributed by atoms with Crippen LogP contribution in [0.3, 0.4) is 0 Å². The van der Waals surface area contributed by atoms with E-state index in [0.29, 0.717) is 0 Å². The van der Waals surface area contributed by atoms with Crippen LogP contribution in [-0.2, 0) is 0 Å². The lowest BCUT2D eigenvalue weighted by Gasteiger charge is -2.00. The number of carbonyl (C=O) groups excluding carboxylic acids is 1. The molecule has 0 bridgehead atoms. The molecule has 1 aromatic carbocycles. The molecule has 0 spiro atoms. The molecule has 0 heterocycles. The molecule has 6 nitrogen and oxygen atoms in total. The first-order chi connectivity index (χ1) is 7.04. The molecule has 1 aromatic rings. The van der Waals surface area contributed by atoms with Gasteiger partial charge in [-0.05, 0) is 12.1 Å². The van der Waals surface area contributed by atoms with Crippen molar-refractivity contribution in [2.75, 3.05) is 0 Å². The number of rotatable bonds is 2. The average Bonchev–Trinajstić information content (AvgIpc) is 2.17. The van der Waals surface area contributed by atoms with E-state index in [-0.39, 0.29) is 11.3 Å². The van der Waals surface area contributed by atoms with Crippen LogP contribution in [0.1, 0.15) is 5.56 Å². The molecule has 0 aliphatic heterocycles. The summed E-state index contributed by atoms with van der Waals surface area (Å²) in [6.45, 7) is 0. The summed E-state index contributed by atoms with van der Waals surface area (Å²) in [6, 6.07) is 5.14. The van der Waals surface area contributed by atoms with Gasteiger partial charge in [-0.2, -0.15) is 5.26 Å². The van der Waals surface area contributed by atoms with Crippen LogP contribution >= 0.6 is 11.6 Å². The number of nitrogens with zero attached hydrogens (tertiary/aromatic N) is 2. The number of nitriles is 1. The number of hydrogen-bond donors (Lipinski definition) is 0. The lowest BCUT2D eigenvalue weighted by molar-refractivity contribution is -0.385. The van der Waals surface area contributed by atoms with Gasteiger partial charge in [-0.25, -0.2) is 4.79 Å². The maximum atomic E-state index is 10.5. The lowest BCUT2D eigenvalue weighted by atomic mass is 10.2. The fraction of sp³-hybridized carbons (Fsp3) is 0. The summed E-state index contributed by atoms with van der Waals surface area (Å²) in [5.41, 5.74) is -1.57. The van der Waals surface area contributed by atoms with E-state index in [1.165, 1.54) is 6.07 Å². The number of carbonyl (C=O) groups is 1. The SMILES string of the molecule is N#Cc1ccc(OC(=O)Cl)c([N+](=O)[O-])c1. The molecule has 0 amide bonds. The Balaban J connectivity index is 3.22. The first kappa shape index (κ1) is 10.9. The molecule has 0 aliphatic rings. The van der Waals surface area contributed by atoms with Crippen molar-refractivity contribution in [3.8, 4) is 11.8 Å². The van der Waals surface area contributed by atoms with Gasteiger partial charge >= 0.3 is 11.1 Å². The molecule has 0 atom stereocenters. The third-order valence-electron chi connectivity index (χ3n) is 1.47. The van der Waals surface area contributed by atoms with Gasteiger partial charge in [0.2, 0.25) is 5.75 Å². The van der Waals surface area contributed by atoms with Crippen LogP contribution in [0.25, 0.3) is 0 Å². The normalized spacial score (nSPS) is 9.07. The summed E-state index contributed by atoms with van der Waals surface area (Å²) in [7, 11) is 0. The molecule has 0 unspecified atom stereocenters. The predicted molar refractivity (Wildman–Crippen MR) is 49.7 cm³/mol. The maximum absolute atomic E-state index is 10.5. The minimum absolute atomic E-state index is 0.0936. The van der Waals surface area contributed by atoms with E-state index in [0.717, 1.165) is 12.1 Å². The van der Waals surface area contributed by atoms with Crippen LogP contribution < -0.4 is 4.74 Å². The fourth-order valence-corrected chi connectivity index (χ4v) is 0.985. The van der Waals surface area contributed by atoms with Gasteiger partial charge in [0.25, 0.3) is 0 Å². The minimum atomic E-state index is -1.18. The number of hydrogen-bond acceptors (Lipinski definition) is 5. The second-order valence-corrected chi connectivity index (χ2v) is 2.70.